The maximum absolute atomic E-state index is 11.7. The van der Waals surface area contributed by atoms with Crippen LogP contribution < -0.4 is 0 Å². The molecule has 1 aliphatic heterocycles. The fraction of sp³-hybridized carbons (Fsp3) is 0.556. The van der Waals surface area contributed by atoms with Gasteiger partial charge in [0.25, 0.3) is 0 Å². The van der Waals surface area contributed by atoms with Crippen LogP contribution in [-0.2, 0) is 4.79 Å². The molecule has 14 heavy (non-hydrogen) atoms. The zero-order valence-corrected chi connectivity index (χ0v) is 8.05. The lowest BCUT2D eigenvalue weighted by atomic mass is 10.2. The highest BCUT2D eigenvalue weighted by atomic mass is 16.3. The molecule has 1 atom stereocenters. The number of carbonyl (C=O) groups is 1. The molecule has 5 nitrogen and oxygen atoms in total. The Bertz CT molecular complexity index is 344. The number of aromatic nitrogens is 2. The van der Waals surface area contributed by atoms with Crippen molar-refractivity contribution in [2.75, 3.05) is 13.1 Å². The Morgan fingerprint density at radius 2 is 2.36 bits per heavy atom. The maximum Gasteiger partial charge on any atom is 0.247 e. The summed E-state index contributed by atoms with van der Waals surface area (Å²) >= 11 is 0. The van der Waals surface area contributed by atoms with Gasteiger partial charge in [0.2, 0.25) is 5.91 Å². The number of hydrogen-bond donors (Lipinski definition) is 1. The summed E-state index contributed by atoms with van der Waals surface area (Å²) in [7, 11) is 0. The second kappa shape index (κ2) is 3.32. The Hall–Kier alpha value is -1.52. The van der Waals surface area contributed by atoms with E-state index in [1.54, 1.807) is 11.8 Å². The molecular weight excluding hydrogens is 182 g/mol. The lowest BCUT2D eigenvalue weighted by Gasteiger charge is -2.33. The van der Waals surface area contributed by atoms with Crippen LogP contribution in [0.15, 0.2) is 12.4 Å². The van der Waals surface area contributed by atoms with E-state index in [1.165, 1.54) is 17.1 Å². The second-order valence-corrected chi connectivity index (χ2v) is 3.53. The summed E-state index contributed by atoms with van der Waals surface area (Å²) in [5.74, 6) is 0.160. The fourth-order valence-corrected chi connectivity index (χ4v) is 1.45. The number of rotatable bonds is 2. The van der Waals surface area contributed by atoms with E-state index in [1.807, 2.05) is 0 Å². The van der Waals surface area contributed by atoms with Crippen LogP contribution in [0.25, 0.3) is 0 Å². The summed E-state index contributed by atoms with van der Waals surface area (Å²) in [6.45, 7) is 3.47. The van der Waals surface area contributed by atoms with Crippen LogP contribution in [-0.4, -0.2) is 38.8 Å². The number of amides is 1. The predicted octanol–water partition coefficient (Wildman–Crippen LogP) is 0.382. The molecule has 2 heterocycles. The van der Waals surface area contributed by atoms with E-state index in [2.05, 4.69) is 5.10 Å². The molecule has 1 aliphatic rings. The largest absolute Gasteiger partial charge is 0.505 e. The molecule has 0 radical (unpaired) electrons. The lowest BCUT2D eigenvalue weighted by Crippen LogP contribution is -2.45. The molecule has 0 bridgehead atoms. The van der Waals surface area contributed by atoms with E-state index < -0.39 is 0 Å². The molecule has 2 rings (SSSR count). The molecule has 1 aromatic heterocycles. The molecule has 1 unspecified atom stereocenters. The topological polar surface area (TPSA) is 58.4 Å². The Morgan fingerprint density at radius 3 is 2.79 bits per heavy atom. The molecule has 1 saturated heterocycles. The fourth-order valence-electron chi connectivity index (χ4n) is 1.45. The van der Waals surface area contributed by atoms with Crippen molar-refractivity contribution in [3.8, 4) is 5.75 Å². The van der Waals surface area contributed by atoms with Gasteiger partial charge in [-0.3, -0.25) is 9.48 Å². The van der Waals surface area contributed by atoms with Crippen molar-refractivity contribution in [2.24, 2.45) is 0 Å². The summed E-state index contributed by atoms with van der Waals surface area (Å²) < 4.78 is 1.48. The van der Waals surface area contributed by atoms with E-state index >= 15 is 0 Å². The number of hydrogen-bond acceptors (Lipinski definition) is 3. The average molecular weight is 195 g/mol. The molecule has 0 spiro atoms. The smallest absolute Gasteiger partial charge is 0.247 e. The minimum atomic E-state index is -0.323. The molecule has 1 fully saturated rings. The number of aromatic hydroxyl groups is 1. The number of likely N-dealkylation sites (tertiary alicyclic amines) is 1. The average Bonchev–Trinajstić information content (AvgIpc) is 2.47. The van der Waals surface area contributed by atoms with Gasteiger partial charge < -0.3 is 10.0 Å². The van der Waals surface area contributed by atoms with Crippen LogP contribution in [0.1, 0.15) is 19.4 Å². The summed E-state index contributed by atoms with van der Waals surface area (Å²) in [5.41, 5.74) is 0. The van der Waals surface area contributed by atoms with E-state index in [0.29, 0.717) is 0 Å². The molecule has 1 N–H and O–H groups in total. The maximum atomic E-state index is 11.7. The molecule has 76 valence electrons. The Labute approximate surface area is 81.9 Å². The number of nitrogens with zero attached hydrogens (tertiary/aromatic N) is 3. The van der Waals surface area contributed by atoms with Crippen LogP contribution in [0.5, 0.6) is 5.75 Å². The SMILES string of the molecule is CC(C(=O)N1CCC1)n1cc(O)cn1. The first-order valence-corrected chi connectivity index (χ1v) is 4.70. The predicted molar refractivity (Wildman–Crippen MR) is 49.8 cm³/mol. The van der Waals surface area contributed by atoms with E-state index in [9.17, 15) is 4.79 Å². The zero-order chi connectivity index (χ0) is 10.1. The van der Waals surface area contributed by atoms with Crippen LogP contribution >= 0.6 is 0 Å². The molecular formula is C9H13N3O2. The lowest BCUT2D eigenvalue weighted by molar-refractivity contribution is -0.138. The highest BCUT2D eigenvalue weighted by Gasteiger charge is 2.26. The summed E-state index contributed by atoms with van der Waals surface area (Å²) in [4.78, 5) is 13.5. The Balaban J connectivity index is 2.07. The minimum Gasteiger partial charge on any atom is -0.505 e. The van der Waals surface area contributed by atoms with Crippen molar-refractivity contribution in [1.82, 2.24) is 14.7 Å². The van der Waals surface area contributed by atoms with Gasteiger partial charge in [0.1, 0.15) is 6.04 Å². The van der Waals surface area contributed by atoms with Gasteiger partial charge in [-0.25, -0.2) is 0 Å². The van der Waals surface area contributed by atoms with Crippen LogP contribution in [0.3, 0.4) is 0 Å². The third-order valence-corrected chi connectivity index (χ3v) is 2.51. The van der Waals surface area contributed by atoms with Crippen LogP contribution in [0, 0.1) is 0 Å². The monoisotopic (exact) mass is 195 g/mol. The van der Waals surface area contributed by atoms with E-state index in [0.717, 1.165) is 19.5 Å². The van der Waals surface area contributed by atoms with Gasteiger partial charge in [-0.1, -0.05) is 0 Å². The number of carbonyl (C=O) groups excluding carboxylic acids is 1. The third-order valence-electron chi connectivity index (χ3n) is 2.51. The third kappa shape index (κ3) is 1.45. The second-order valence-electron chi connectivity index (χ2n) is 3.53. The molecule has 0 aliphatic carbocycles. The van der Waals surface area contributed by atoms with Crippen molar-refractivity contribution in [1.29, 1.82) is 0 Å². The van der Waals surface area contributed by atoms with Crippen molar-refractivity contribution >= 4 is 5.91 Å². The van der Waals surface area contributed by atoms with Crippen LogP contribution in [0.2, 0.25) is 0 Å². The van der Waals surface area contributed by atoms with Crippen molar-refractivity contribution in [3.05, 3.63) is 12.4 Å². The van der Waals surface area contributed by atoms with Crippen LogP contribution in [0.4, 0.5) is 0 Å². The first-order chi connectivity index (χ1) is 6.68. The first-order valence-electron chi connectivity index (χ1n) is 4.70. The van der Waals surface area contributed by atoms with Crippen molar-refractivity contribution in [2.45, 2.75) is 19.4 Å². The highest BCUT2D eigenvalue weighted by Crippen LogP contribution is 2.16. The summed E-state index contributed by atoms with van der Waals surface area (Å²) in [5, 5.41) is 13.0. The Kier molecular flexibility index (Phi) is 2.15. The standard InChI is InChI=1S/C9H13N3O2/c1-7(9(14)11-3-2-4-11)12-6-8(13)5-10-12/h5-7,13H,2-4H2,1H3. The van der Waals surface area contributed by atoms with Gasteiger partial charge in [-0.2, -0.15) is 5.10 Å². The quantitative estimate of drug-likeness (QED) is 0.742. The van der Waals surface area contributed by atoms with E-state index in [-0.39, 0.29) is 17.7 Å². The minimum absolute atomic E-state index is 0.0688. The molecule has 1 aromatic rings. The van der Waals surface area contributed by atoms with Gasteiger partial charge in [-0.15, -0.1) is 0 Å². The molecule has 0 aromatic carbocycles. The zero-order valence-electron chi connectivity index (χ0n) is 8.05. The molecule has 5 heteroatoms. The highest BCUT2D eigenvalue weighted by molar-refractivity contribution is 5.80. The van der Waals surface area contributed by atoms with Crippen molar-refractivity contribution in [3.63, 3.8) is 0 Å². The molecule has 1 amide bonds. The van der Waals surface area contributed by atoms with Gasteiger partial charge in [0, 0.05) is 13.1 Å². The van der Waals surface area contributed by atoms with Crippen molar-refractivity contribution < 1.29 is 9.90 Å². The van der Waals surface area contributed by atoms with Gasteiger partial charge in [-0.05, 0) is 13.3 Å². The summed E-state index contributed by atoms with van der Waals surface area (Å²) in [6.07, 6.45) is 3.88. The normalized spacial score (nSPS) is 17.6. The van der Waals surface area contributed by atoms with E-state index in [4.69, 9.17) is 5.11 Å². The summed E-state index contributed by atoms with van der Waals surface area (Å²) in [6, 6.07) is -0.323. The Morgan fingerprint density at radius 1 is 1.64 bits per heavy atom. The van der Waals surface area contributed by atoms with Gasteiger partial charge in [0.15, 0.2) is 5.75 Å². The molecule has 0 saturated carbocycles. The van der Waals surface area contributed by atoms with Gasteiger partial charge in [0.05, 0.1) is 12.4 Å². The first kappa shape index (κ1) is 9.05. The van der Waals surface area contributed by atoms with Gasteiger partial charge >= 0.3 is 0 Å².